The summed E-state index contributed by atoms with van der Waals surface area (Å²) in [6.45, 7) is 0. The second-order valence-electron chi connectivity index (χ2n) is 8.35. The third-order valence-corrected chi connectivity index (χ3v) is 5.65. The van der Waals surface area contributed by atoms with Crippen molar-refractivity contribution in [2.75, 3.05) is 0 Å². The van der Waals surface area contributed by atoms with Crippen molar-refractivity contribution in [3.8, 4) is 11.5 Å². The van der Waals surface area contributed by atoms with Crippen molar-refractivity contribution in [1.29, 1.82) is 0 Å². The Morgan fingerprint density at radius 2 is 0.861 bits per heavy atom. The van der Waals surface area contributed by atoms with Crippen LogP contribution in [0.4, 0.5) is 0 Å². The van der Waals surface area contributed by atoms with Gasteiger partial charge in [-0.1, -0.05) is 72.8 Å². The fourth-order valence-electron chi connectivity index (χ4n) is 3.66. The van der Waals surface area contributed by atoms with Gasteiger partial charge in [-0.2, -0.15) is 0 Å². The molecule has 4 rings (SSSR count). The molecule has 0 atom stereocenters. The van der Waals surface area contributed by atoms with Gasteiger partial charge in [-0.15, -0.1) is 0 Å². The monoisotopic (exact) mass is 476 g/mol. The van der Waals surface area contributed by atoms with Crippen LogP contribution in [-0.2, 0) is 12.8 Å². The third kappa shape index (κ3) is 7.54. The Bertz CT molecular complexity index is 1170. The number of aryl methyl sites for hydroxylation is 2. The van der Waals surface area contributed by atoms with Crippen molar-refractivity contribution in [2.24, 2.45) is 0 Å². The largest absolute Gasteiger partial charge is 0.423 e. The zero-order valence-corrected chi connectivity index (χ0v) is 20.0. The summed E-state index contributed by atoms with van der Waals surface area (Å²) < 4.78 is 10.8. The number of benzene rings is 4. The molecule has 4 heteroatoms. The Kier molecular flexibility index (Phi) is 8.82. The topological polar surface area (TPSA) is 52.6 Å². The Morgan fingerprint density at radius 3 is 1.22 bits per heavy atom. The van der Waals surface area contributed by atoms with Gasteiger partial charge in [-0.25, -0.2) is 9.59 Å². The lowest BCUT2D eigenvalue weighted by molar-refractivity contribution is 0.0725. The van der Waals surface area contributed by atoms with E-state index < -0.39 is 0 Å². The molecule has 0 radical (unpaired) electrons. The first kappa shape index (κ1) is 24.7. The molecular weight excluding hydrogens is 448 g/mol. The van der Waals surface area contributed by atoms with Crippen molar-refractivity contribution < 1.29 is 19.1 Å². The lowest BCUT2D eigenvalue weighted by Gasteiger charge is -2.06. The maximum atomic E-state index is 12.1. The van der Waals surface area contributed by atoms with Crippen LogP contribution in [0.1, 0.15) is 44.7 Å². The van der Waals surface area contributed by atoms with Crippen molar-refractivity contribution in [2.45, 2.75) is 25.7 Å². The number of rotatable bonds is 10. The third-order valence-electron chi connectivity index (χ3n) is 5.65. The SMILES string of the molecule is O=C(Oc1ccc(CCC=CCCc2ccc(OC(=O)c3ccccc3)cc2)cc1)c1ccccc1. The molecule has 0 bridgehead atoms. The van der Waals surface area contributed by atoms with E-state index in [1.807, 2.05) is 84.9 Å². The minimum absolute atomic E-state index is 0.353. The summed E-state index contributed by atoms with van der Waals surface area (Å²) in [5.41, 5.74) is 3.46. The molecule has 4 aromatic carbocycles. The highest BCUT2D eigenvalue weighted by atomic mass is 16.5. The van der Waals surface area contributed by atoms with E-state index in [0.29, 0.717) is 22.6 Å². The predicted octanol–water partition coefficient (Wildman–Crippen LogP) is 7.25. The summed E-state index contributed by atoms with van der Waals surface area (Å²) >= 11 is 0. The van der Waals surface area contributed by atoms with E-state index in [9.17, 15) is 9.59 Å². The van der Waals surface area contributed by atoms with E-state index >= 15 is 0 Å². The molecule has 180 valence electrons. The Labute approximate surface area is 211 Å². The van der Waals surface area contributed by atoms with Gasteiger partial charge in [0.05, 0.1) is 11.1 Å². The average Bonchev–Trinajstić information content (AvgIpc) is 2.93. The highest BCUT2D eigenvalue weighted by molar-refractivity contribution is 5.91. The fraction of sp³-hybridized carbons (Fsp3) is 0.125. The van der Waals surface area contributed by atoms with Crippen molar-refractivity contribution >= 4 is 11.9 Å². The molecular formula is C32H28O4. The molecule has 36 heavy (non-hydrogen) atoms. The normalized spacial score (nSPS) is 10.8. The van der Waals surface area contributed by atoms with Crippen LogP contribution in [0, 0.1) is 0 Å². The average molecular weight is 477 g/mol. The summed E-state index contributed by atoms with van der Waals surface area (Å²) in [6.07, 6.45) is 8.11. The second-order valence-corrected chi connectivity index (χ2v) is 8.35. The zero-order valence-electron chi connectivity index (χ0n) is 20.0. The first-order valence-electron chi connectivity index (χ1n) is 12.0. The highest BCUT2D eigenvalue weighted by Crippen LogP contribution is 2.17. The number of ether oxygens (including phenoxy) is 2. The number of allylic oxidation sites excluding steroid dienone is 2. The first-order chi connectivity index (χ1) is 17.7. The molecule has 0 spiro atoms. The van der Waals surface area contributed by atoms with Crippen LogP contribution in [-0.4, -0.2) is 11.9 Å². The quantitative estimate of drug-likeness (QED) is 0.137. The van der Waals surface area contributed by atoms with Crippen LogP contribution >= 0.6 is 0 Å². The van der Waals surface area contributed by atoms with E-state index in [0.717, 1.165) is 25.7 Å². The Hall–Kier alpha value is -4.44. The van der Waals surface area contributed by atoms with Crippen LogP contribution in [0.5, 0.6) is 11.5 Å². The van der Waals surface area contributed by atoms with Crippen LogP contribution in [0.3, 0.4) is 0 Å². The van der Waals surface area contributed by atoms with Crippen LogP contribution in [0.15, 0.2) is 121 Å². The van der Waals surface area contributed by atoms with Gasteiger partial charge >= 0.3 is 11.9 Å². The fourth-order valence-corrected chi connectivity index (χ4v) is 3.66. The van der Waals surface area contributed by atoms with E-state index in [4.69, 9.17) is 9.47 Å². The van der Waals surface area contributed by atoms with Gasteiger partial charge in [-0.3, -0.25) is 0 Å². The van der Waals surface area contributed by atoms with Crippen LogP contribution < -0.4 is 9.47 Å². The van der Waals surface area contributed by atoms with Crippen molar-refractivity contribution in [3.05, 3.63) is 144 Å². The highest BCUT2D eigenvalue weighted by Gasteiger charge is 2.08. The van der Waals surface area contributed by atoms with Gasteiger partial charge in [0.1, 0.15) is 11.5 Å². The lowest BCUT2D eigenvalue weighted by atomic mass is 10.1. The molecule has 0 saturated heterocycles. The summed E-state index contributed by atoms with van der Waals surface area (Å²) in [6, 6.07) is 33.3. The van der Waals surface area contributed by atoms with E-state index in [1.54, 1.807) is 24.3 Å². The predicted molar refractivity (Wildman–Crippen MR) is 141 cm³/mol. The van der Waals surface area contributed by atoms with E-state index in [-0.39, 0.29) is 11.9 Å². The minimum atomic E-state index is -0.353. The molecule has 0 fully saturated rings. The van der Waals surface area contributed by atoms with E-state index in [1.165, 1.54) is 11.1 Å². The molecule has 0 unspecified atom stereocenters. The molecule has 0 saturated carbocycles. The van der Waals surface area contributed by atoms with Crippen molar-refractivity contribution in [1.82, 2.24) is 0 Å². The van der Waals surface area contributed by atoms with E-state index in [2.05, 4.69) is 12.2 Å². The van der Waals surface area contributed by atoms with Gasteiger partial charge in [-0.05, 0) is 85.3 Å². The summed E-state index contributed by atoms with van der Waals surface area (Å²) in [5, 5.41) is 0. The molecule has 0 aliphatic carbocycles. The molecule has 4 aromatic rings. The van der Waals surface area contributed by atoms with Gasteiger partial charge < -0.3 is 9.47 Å². The summed E-state index contributed by atoms with van der Waals surface area (Å²) in [5.74, 6) is 0.385. The number of carbonyl (C=O) groups is 2. The van der Waals surface area contributed by atoms with Crippen LogP contribution in [0.25, 0.3) is 0 Å². The van der Waals surface area contributed by atoms with Crippen LogP contribution in [0.2, 0.25) is 0 Å². The summed E-state index contributed by atoms with van der Waals surface area (Å²) in [4.78, 5) is 24.3. The zero-order chi connectivity index (χ0) is 25.0. The Balaban J connectivity index is 1.15. The molecule has 0 N–H and O–H groups in total. The maximum Gasteiger partial charge on any atom is 0.343 e. The summed E-state index contributed by atoms with van der Waals surface area (Å²) in [7, 11) is 0. The van der Waals surface area contributed by atoms with Crippen molar-refractivity contribution in [3.63, 3.8) is 0 Å². The molecule has 4 nitrogen and oxygen atoms in total. The standard InChI is InChI=1S/C32H28O4/c33-31(27-13-7-3-8-14-27)35-29-21-17-25(18-22-29)11-5-1-2-6-12-26-19-23-30(24-20-26)36-32(34)28-15-9-4-10-16-28/h1-4,7-10,13-24H,5-6,11-12H2. The molecule has 0 aliphatic rings. The van der Waals surface area contributed by atoms with Gasteiger partial charge in [0, 0.05) is 0 Å². The first-order valence-corrected chi connectivity index (χ1v) is 12.0. The van der Waals surface area contributed by atoms with Gasteiger partial charge in [0.2, 0.25) is 0 Å². The van der Waals surface area contributed by atoms with Gasteiger partial charge in [0.15, 0.2) is 0 Å². The number of hydrogen-bond donors (Lipinski definition) is 0. The Morgan fingerprint density at radius 1 is 0.500 bits per heavy atom. The molecule has 0 aromatic heterocycles. The minimum Gasteiger partial charge on any atom is -0.423 e. The number of carbonyl (C=O) groups excluding carboxylic acids is 2. The maximum absolute atomic E-state index is 12.1. The number of hydrogen-bond acceptors (Lipinski definition) is 4. The molecule has 0 heterocycles. The number of esters is 2. The lowest BCUT2D eigenvalue weighted by Crippen LogP contribution is -2.08. The smallest absolute Gasteiger partial charge is 0.343 e. The molecule has 0 amide bonds. The second kappa shape index (κ2) is 12.9. The molecule has 0 aliphatic heterocycles. The van der Waals surface area contributed by atoms with Gasteiger partial charge in [0.25, 0.3) is 0 Å².